The van der Waals surface area contributed by atoms with Crippen molar-refractivity contribution in [3.63, 3.8) is 0 Å². The summed E-state index contributed by atoms with van der Waals surface area (Å²) in [6, 6.07) is 0. The molecule has 0 rings (SSSR count). The van der Waals surface area contributed by atoms with Crippen molar-refractivity contribution < 1.29 is 24.6 Å². The van der Waals surface area contributed by atoms with E-state index in [1.807, 2.05) is 0 Å². The third-order valence-electron chi connectivity index (χ3n) is 1.57. The highest BCUT2D eigenvalue weighted by Crippen LogP contribution is 1.77. The predicted octanol–water partition coefficient (Wildman–Crippen LogP) is -2.86. The lowest BCUT2D eigenvalue weighted by atomic mass is 10.4. The molecule has 0 aromatic rings. The number of hydrogen-bond acceptors (Lipinski definition) is 6. The lowest BCUT2D eigenvalue weighted by Gasteiger charge is -2.12. The van der Waals surface area contributed by atoms with Crippen molar-refractivity contribution in [3.8, 4) is 0 Å². The zero-order valence-corrected chi connectivity index (χ0v) is 9.87. The van der Waals surface area contributed by atoms with Crippen LogP contribution in [0.25, 0.3) is 0 Å². The largest absolute Gasteiger partial charge is 0.480 e. The molecule has 0 radical (unpaired) electrons. The molecule has 98 valence electrons. The van der Waals surface area contributed by atoms with E-state index in [0.717, 1.165) is 0 Å². The number of carboxylic acids is 1. The van der Waals surface area contributed by atoms with Crippen LogP contribution in [0.2, 0.25) is 0 Å². The molecule has 0 aliphatic heterocycles. The monoisotopic (exact) mass is 265 g/mol. The Kier molecular flexibility index (Phi) is 8.11. The molecule has 0 heterocycles. The average molecular weight is 265 g/mol. The van der Waals surface area contributed by atoms with Gasteiger partial charge in [0.2, 0.25) is 11.8 Å². The summed E-state index contributed by atoms with van der Waals surface area (Å²) in [7, 11) is 0. The standard InChI is InChI=1S/C8H15N3O5S/c12-5(2-10-7(14)4-17)9-1-6(13)11-3-8(15)16/h5,9,12,17H,1-4H2,(H,10,14)(H,11,13)(H,15,16). The van der Waals surface area contributed by atoms with Gasteiger partial charge in [-0.1, -0.05) is 0 Å². The Morgan fingerprint density at radius 2 is 1.76 bits per heavy atom. The average Bonchev–Trinajstić information content (AvgIpc) is 2.30. The number of carboxylic acid groups (broad SMARTS) is 1. The first-order valence-corrected chi connectivity index (χ1v) is 5.36. The van der Waals surface area contributed by atoms with E-state index in [4.69, 9.17) is 5.11 Å². The van der Waals surface area contributed by atoms with E-state index in [1.165, 1.54) is 0 Å². The number of thiol groups is 1. The van der Waals surface area contributed by atoms with Crippen molar-refractivity contribution in [1.82, 2.24) is 16.0 Å². The van der Waals surface area contributed by atoms with Gasteiger partial charge in [0.25, 0.3) is 0 Å². The molecule has 0 aromatic carbocycles. The Morgan fingerprint density at radius 3 is 2.29 bits per heavy atom. The fourth-order valence-corrected chi connectivity index (χ4v) is 0.898. The fraction of sp³-hybridized carbons (Fsp3) is 0.625. The quantitative estimate of drug-likeness (QED) is 0.207. The van der Waals surface area contributed by atoms with E-state index in [0.29, 0.717) is 0 Å². The number of aliphatic hydroxyl groups excluding tert-OH is 1. The highest BCUT2D eigenvalue weighted by Gasteiger charge is 2.08. The van der Waals surface area contributed by atoms with Gasteiger partial charge in [-0.2, -0.15) is 12.6 Å². The van der Waals surface area contributed by atoms with Crippen molar-refractivity contribution in [2.75, 3.05) is 25.4 Å². The maximum Gasteiger partial charge on any atom is 0.322 e. The van der Waals surface area contributed by atoms with E-state index in [9.17, 15) is 19.5 Å². The molecule has 9 heteroatoms. The van der Waals surface area contributed by atoms with Gasteiger partial charge in [-0.05, 0) is 0 Å². The zero-order chi connectivity index (χ0) is 13.3. The molecule has 0 saturated carbocycles. The van der Waals surface area contributed by atoms with Crippen LogP contribution >= 0.6 is 12.6 Å². The molecule has 0 aromatic heterocycles. The van der Waals surface area contributed by atoms with Crippen molar-refractivity contribution in [3.05, 3.63) is 0 Å². The first-order chi connectivity index (χ1) is 7.95. The molecule has 17 heavy (non-hydrogen) atoms. The number of aliphatic carboxylic acids is 1. The Hall–Kier alpha value is -1.32. The summed E-state index contributed by atoms with van der Waals surface area (Å²) in [4.78, 5) is 31.9. The second kappa shape index (κ2) is 8.79. The summed E-state index contributed by atoms with van der Waals surface area (Å²) in [6.45, 7) is -0.788. The predicted molar refractivity (Wildman–Crippen MR) is 61.5 cm³/mol. The van der Waals surface area contributed by atoms with Crippen molar-refractivity contribution >= 4 is 30.4 Å². The normalized spacial score (nSPS) is 11.6. The first kappa shape index (κ1) is 15.7. The van der Waals surface area contributed by atoms with Gasteiger partial charge in [-0.25, -0.2) is 0 Å². The van der Waals surface area contributed by atoms with Crippen LogP contribution in [0.1, 0.15) is 0 Å². The van der Waals surface area contributed by atoms with Gasteiger partial charge in [-0.3, -0.25) is 19.7 Å². The van der Waals surface area contributed by atoms with Gasteiger partial charge in [0.15, 0.2) is 0 Å². The minimum absolute atomic E-state index is 0.00577. The summed E-state index contributed by atoms with van der Waals surface area (Å²) in [5.74, 6) is -2.05. The van der Waals surface area contributed by atoms with Gasteiger partial charge in [0.1, 0.15) is 12.8 Å². The second-order valence-corrected chi connectivity index (χ2v) is 3.35. The molecule has 8 nitrogen and oxygen atoms in total. The lowest BCUT2D eigenvalue weighted by molar-refractivity contribution is -0.137. The smallest absolute Gasteiger partial charge is 0.322 e. The van der Waals surface area contributed by atoms with E-state index < -0.39 is 24.6 Å². The maximum atomic E-state index is 11.0. The molecule has 0 aliphatic rings. The molecule has 0 fully saturated rings. The summed E-state index contributed by atoms with van der Waals surface area (Å²) in [6.07, 6.45) is -1.09. The third kappa shape index (κ3) is 9.60. The first-order valence-electron chi connectivity index (χ1n) is 4.73. The lowest BCUT2D eigenvalue weighted by Crippen LogP contribution is -2.45. The Morgan fingerprint density at radius 1 is 1.12 bits per heavy atom. The van der Waals surface area contributed by atoms with Crippen LogP contribution in [0, 0.1) is 0 Å². The highest BCUT2D eigenvalue weighted by molar-refractivity contribution is 7.81. The number of aliphatic hydroxyl groups is 1. The van der Waals surface area contributed by atoms with Crippen LogP contribution in [0.4, 0.5) is 0 Å². The van der Waals surface area contributed by atoms with Crippen LogP contribution in [0.15, 0.2) is 0 Å². The van der Waals surface area contributed by atoms with Crippen LogP contribution in [-0.4, -0.2) is 59.6 Å². The van der Waals surface area contributed by atoms with Crippen molar-refractivity contribution in [2.24, 2.45) is 0 Å². The summed E-state index contributed by atoms with van der Waals surface area (Å²) >= 11 is 3.72. The molecule has 1 unspecified atom stereocenters. The van der Waals surface area contributed by atoms with Gasteiger partial charge in [0, 0.05) is 0 Å². The number of amides is 2. The molecule has 1 atom stereocenters. The van der Waals surface area contributed by atoms with Crippen LogP contribution in [0.5, 0.6) is 0 Å². The number of carbonyl (C=O) groups excluding carboxylic acids is 2. The van der Waals surface area contributed by atoms with Gasteiger partial charge >= 0.3 is 5.97 Å². The minimum Gasteiger partial charge on any atom is -0.480 e. The Bertz CT molecular complexity index is 286. The summed E-state index contributed by atoms with van der Waals surface area (Å²) in [5, 5.41) is 24.4. The topological polar surface area (TPSA) is 128 Å². The van der Waals surface area contributed by atoms with E-state index in [2.05, 4.69) is 28.6 Å². The number of rotatable bonds is 8. The van der Waals surface area contributed by atoms with E-state index >= 15 is 0 Å². The number of hydrogen-bond donors (Lipinski definition) is 6. The zero-order valence-electron chi connectivity index (χ0n) is 8.97. The van der Waals surface area contributed by atoms with Gasteiger partial charge in [0.05, 0.1) is 18.8 Å². The molecule has 0 aliphatic carbocycles. The van der Waals surface area contributed by atoms with Gasteiger partial charge < -0.3 is 20.8 Å². The highest BCUT2D eigenvalue weighted by atomic mass is 32.1. The van der Waals surface area contributed by atoms with Crippen LogP contribution < -0.4 is 16.0 Å². The van der Waals surface area contributed by atoms with E-state index in [1.54, 1.807) is 0 Å². The van der Waals surface area contributed by atoms with Gasteiger partial charge in [-0.15, -0.1) is 0 Å². The van der Waals surface area contributed by atoms with Crippen LogP contribution in [0.3, 0.4) is 0 Å². The molecule has 0 spiro atoms. The molecule has 5 N–H and O–H groups in total. The Balaban J connectivity index is 3.61. The molecular weight excluding hydrogens is 250 g/mol. The fourth-order valence-electron chi connectivity index (χ4n) is 0.786. The maximum absolute atomic E-state index is 11.0. The molecular formula is C8H15N3O5S. The van der Waals surface area contributed by atoms with Crippen LogP contribution in [-0.2, 0) is 14.4 Å². The van der Waals surface area contributed by atoms with Crippen molar-refractivity contribution in [1.29, 1.82) is 0 Å². The van der Waals surface area contributed by atoms with Crippen molar-refractivity contribution in [2.45, 2.75) is 6.23 Å². The summed E-state index contributed by atoms with van der Waals surface area (Å²) in [5.41, 5.74) is 0. The SMILES string of the molecule is O=C(O)CNC(=O)CNC(O)CNC(=O)CS. The number of nitrogens with one attached hydrogen (secondary N) is 3. The van der Waals surface area contributed by atoms with E-state index in [-0.39, 0.29) is 24.7 Å². The molecule has 2 amide bonds. The summed E-state index contributed by atoms with van der Waals surface area (Å²) < 4.78 is 0. The third-order valence-corrected chi connectivity index (χ3v) is 1.86. The molecule has 0 saturated heterocycles. The Labute approximate surface area is 103 Å². The second-order valence-electron chi connectivity index (χ2n) is 3.03. The number of carbonyl (C=O) groups is 3. The molecule has 0 bridgehead atoms. The minimum atomic E-state index is -1.15.